The van der Waals surface area contributed by atoms with E-state index in [1.807, 2.05) is 60.7 Å². The van der Waals surface area contributed by atoms with Crippen LogP contribution in [-0.2, 0) is 23.8 Å². The highest BCUT2D eigenvalue weighted by atomic mass is 19.1. The summed E-state index contributed by atoms with van der Waals surface area (Å²) < 4.78 is 30.4. The summed E-state index contributed by atoms with van der Waals surface area (Å²) >= 11 is 0. The number of carbonyl (C=O) groups is 2. The minimum Gasteiger partial charge on any atom is -0.460 e. The second kappa shape index (κ2) is 10.5. The van der Waals surface area contributed by atoms with Crippen LogP contribution >= 0.6 is 0 Å². The van der Waals surface area contributed by atoms with Crippen molar-refractivity contribution in [1.82, 2.24) is 0 Å². The smallest absolute Gasteiger partial charge is 0.331 e. The average molecular weight is 410 g/mol. The molecule has 1 aliphatic heterocycles. The Hall–Kier alpha value is -3.25. The molecule has 3 rings (SSSR count). The van der Waals surface area contributed by atoms with Crippen LogP contribution in [0.2, 0.25) is 0 Å². The zero-order chi connectivity index (χ0) is 21.3. The molecular formula is C24H23FO5. The largest absolute Gasteiger partial charge is 0.460 e. The molecule has 1 unspecified atom stereocenters. The van der Waals surface area contributed by atoms with Crippen LogP contribution in [0, 0.1) is 0 Å². The Morgan fingerprint density at radius 3 is 2.03 bits per heavy atom. The van der Waals surface area contributed by atoms with Gasteiger partial charge >= 0.3 is 11.9 Å². The third kappa shape index (κ3) is 6.12. The molecule has 0 N–H and O–H groups in total. The fraction of sp³-hybridized carbons (Fsp3) is 0.250. The maximum Gasteiger partial charge on any atom is 0.331 e. The quantitative estimate of drug-likeness (QED) is 0.510. The molecule has 0 aromatic heterocycles. The summed E-state index contributed by atoms with van der Waals surface area (Å²) in [6.45, 7) is 1.32. The monoisotopic (exact) mass is 410 g/mol. The fourth-order valence-electron chi connectivity index (χ4n) is 3.02. The predicted octanol–water partition coefficient (Wildman–Crippen LogP) is 3.99. The lowest BCUT2D eigenvalue weighted by molar-refractivity contribution is -0.152. The highest BCUT2D eigenvalue weighted by molar-refractivity contribution is 5.87. The Bertz CT molecular complexity index is 894. The molecule has 6 heteroatoms. The molecule has 0 bridgehead atoms. The van der Waals surface area contributed by atoms with Crippen molar-refractivity contribution in [3.63, 3.8) is 0 Å². The Morgan fingerprint density at radius 1 is 0.933 bits per heavy atom. The lowest BCUT2D eigenvalue weighted by Gasteiger charge is -2.18. The summed E-state index contributed by atoms with van der Waals surface area (Å²) in [5.41, 5.74) is 1.67. The molecule has 0 aliphatic carbocycles. The molecule has 0 saturated carbocycles. The van der Waals surface area contributed by atoms with E-state index in [2.05, 4.69) is 0 Å². The molecule has 0 amide bonds. The summed E-state index contributed by atoms with van der Waals surface area (Å²) in [4.78, 5) is 24.1. The van der Waals surface area contributed by atoms with Crippen LogP contribution in [0.15, 0.2) is 72.8 Å². The highest BCUT2D eigenvalue weighted by Crippen LogP contribution is 2.27. The van der Waals surface area contributed by atoms with E-state index >= 15 is 0 Å². The van der Waals surface area contributed by atoms with Gasteiger partial charge in [-0.25, -0.2) is 14.0 Å². The zero-order valence-electron chi connectivity index (χ0n) is 16.5. The van der Waals surface area contributed by atoms with Gasteiger partial charge in [-0.3, -0.25) is 0 Å². The molecule has 1 heterocycles. The summed E-state index contributed by atoms with van der Waals surface area (Å²) in [7, 11) is 0. The molecular weight excluding hydrogens is 387 g/mol. The van der Waals surface area contributed by atoms with E-state index in [-0.39, 0.29) is 6.61 Å². The minimum absolute atomic E-state index is 0.219. The third-order valence-corrected chi connectivity index (χ3v) is 4.58. The second-order valence-corrected chi connectivity index (χ2v) is 6.84. The van der Waals surface area contributed by atoms with E-state index in [9.17, 15) is 14.0 Å². The van der Waals surface area contributed by atoms with Gasteiger partial charge < -0.3 is 14.2 Å². The van der Waals surface area contributed by atoms with Gasteiger partial charge in [0.1, 0.15) is 12.7 Å². The van der Waals surface area contributed by atoms with Gasteiger partial charge in [-0.1, -0.05) is 60.7 Å². The van der Waals surface area contributed by atoms with Crippen molar-refractivity contribution < 1.29 is 28.2 Å². The van der Waals surface area contributed by atoms with Crippen LogP contribution in [-0.4, -0.2) is 43.0 Å². The van der Waals surface area contributed by atoms with Crippen molar-refractivity contribution in [3.8, 4) is 0 Å². The zero-order valence-corrected chi connectivity index (χ0v) is 16.5. The van der Waals surface area contributed by atoms with Gasteiger partial charge in [0.2, 0.25) is 0 Å². The maximum atomic E-state index is 14.5. The Morgan fingerprint density at radius 2 is 1.47 bits per heavy atom. The average Bonchev–Trinajstić information content (AvgIpc) is 3.04. The number of hydrogen-bond acceptors (Lipinski definition) is 5. The van der Waals surface area contributed by atoms with Crippen molar-refractivity contribution in [2.75, 3.05) is 6.61 Å². The number of ether oxygens (including phenoxy) is 3. The van der Waals surface area contributed by atoms with Crippen LogP contribution in [0.5, 0.6) is 0 Å². The number of hydrogen-bond donors (Lipinski definition) is 0. The first kappa shape index (κ1) is 21.5. The minimum atomic E-state index is -1.51. The lowest BCUT2D eigenvalue weighted by atomic mass is 10.1. The summed E-state index contributed by atoms with van der Waals surface area (Å²) in [6, 6.07) is 18.5. The molecule has 156 valence electrons. The van der Waals surface area contributed by atoms with Crippen molar-refractivity contribution in [1.29, 1.82) is 0 Å². The van der Waals surface area contributed by atoms with Crippen molar-refractivity contribution in [2.24, 2.45) is 0 Å². The number of halogens is 1. The van der Waals surface area contributed by atoms with Gasteiger partial charge in [0.15, 0.2) is 12.3 Å². The number of carbonyl (C=O) groups excluding carboxylic acids is 2. The third-order valence-electron chi connectivity index (χ3n) is 4.58. The molecule has 1 fully saturated rings. The molecule has 1 aliphatic rings. The van der Waals surface area contributed by atoms with Gasteiger partial charge in [-0.2, -0.15) is 0 Å². The summed E-state index contributed by atoms with van der Waals surface area (Å²) in [5.74, 6) is -1.28. The molecule has 0 spiro atoms. The summed E-state index contributed by atoms with van der Waals surface area (Å²) in [5, 5.41) is 0. The molecule has 30 heavy (non-hydrogen) atoms. The first-order valence-electron chi connectivity index (χ1n) is 9.66. The number of esters is 2. The Kier molecular flexibility index (Phi) is 7.51. The van der Waals surface area contributed by atoms with E-state index in [1.54, 1.807) is 19.1 Å². The first-order chi connectivity index (χ1) is 14.5. The van der Waals surface area contributed by atoms with Crippen LogP contribution in [0.1, 0.15) is 18.1 Å². The molecule has 0 radical (unpaired) electrons. The van der Waals surface area contributed by atoms with Crippen LogP contribution in [0.25, 0.3) is 12.2 Å². The van der Waals surface area contributed by atoms with Gasteiger partial charge in [0, 0.05) is 12.2 Å². The maximum absolute atomic E-state index is 14.5. The second-order valence-electron chi connectivity index (χ2n) is 6.84. The molecule has 2 aromatic carbocycles. The van der Waals surface area contributed by atoms with Gasteiger partial charge in [-0.15, -0.1) is 0 Å². The molecule has 1 saturated heterocycles. The molecule has 2 aromatic rings. The number of benzene rings is 2. The van der Waals surface area contributed by atoms with Crippen molar-refractivity contribution in [2.45, 2.75) is 31.4 Å². The standard InChI is InChI=1S/C24H23FO5/c1-17-23(25)24(30-22(27)15-13-19-10-6-3-7-11-19)20(29-17)16-28-21(26)14-12-18-8-4-2-5-9-18/h2-15,17,20,23-24H,16H2,1H3/b14-12+,15-13+/t17?,20-,23-,24-/m1/s1. The molecule has 4 atom stereocenters. The Labute approximate surface area is 174 Å². The van der Waals surface area contributed by atoms with Gasteiger partial charge in [-0.05, 0) is 30.2 Å². The lowest BCUT2D eigenvalue weighted by Crippen LogP contribution is -2.36. The van der Waals surface area contributed by atoms with Crippen LogP contribution < -0.4 is 0 Å². The van der Waals surface area contributed by atoms with Crippen molar-refractivity contribution >= 4 is 24.1 Å². The van der Waals surface area contributed by atoms with E-state index in [4.69, 9.17) is 14.2 Å². The van der Waals surface area contributed by atoms with E-state index in [0.29, 0.717) is 0 Å². The first-order valence-corrected chi connectivity index (χ1v) is 9.66. The molecule has 5 nitrogen and oxygen atoms in total. The topological polar surface area (TPSA) is 61.8 Å². The van der Waals surface area contributed by atoms with Crippen molar-refractivity contribution in [3.05, 3.63) is 83.9 Å². The van der Waals surface area contributed by atoms with E-state index in [1.165, 1.54) is 12.2 Å². The van der Waals surface area contributed by atoms with Gasteiger partial charge in [0.05, 0.1) is 6.10 Å². The number of alkyl halides is 1. The van der Waals surface area contributed by atoms with Crippen LogP contribution in [0.4, 0.5) is 4.39 Å². The van der Waals surface area contributed by atoms with Crippen LogP contribution in [0.3, 0.4) is 0 Å². The Balaban J connectivity index is 1.54. The fourth-order valence-corrected chi connectivity index (χ4v) is 3.02. The normalized spacial score (nSPS) is 23.7. The predicted molar refractivity (Wildman–Crippen MR) is 111 cm³/mol. The summed E-state index contributed by atoms with van der Waals surface area (Å²) in [6.07, 6.45) is 1.40. The van der Waals surface area contributed by atoms with E-state index in [0.717, 1.165) is 11.1 Å². The van der Waals surface area contributed by atoms with Gasteiger partial charge in [0.25, 0.3) is 0 Å². The SMILES string of the molecule is CC1O[C@H](COC(=O)/C=C/c2ccccc2)[C@@H](OC(=O)/C=C/c2ccccc2)[C@@H]1F. The van der Waals surface area contributed by atoms with E-state index < -0.39 is 36.4 Å². The highest BCUT2D eigenvalue weighted by Gasteiger charge is 2.45. The number of rotatable bonds is 7.